The Morgan fingerprint density at radius 1 is 0.923 bits per heavy atom. The number of carbonyl (C=O) groups excluding carboxylic acids is 2. The first kappa shape index (κ1) is 21.7. The zero-order valence-corrected chi connectivity index (χ0v) is 14.0. The van der Waals surface area contributed by atoms with E-state index >= 15 is 0 Å². The summed E-state index contributed by atoms with van der Waals surface area (Å²) in [4.78, 5) is 58.0. The van der Waals surface area contributed by atoms with Gasteiger partial charge >= 0.3 is 17.9 Å². The predicted molar refractivity (Wildman–Crippen MR) is 86.2 cm³/mol. The van der Waals surface area contributed by atoms with E-state index in [0.717, 1.165) is 0 Å². The Labute approximate surface area is 148 Å². The molecular weight excluding hydrogens is 350 g/mol. The van der Waals surface area contributed by atoms with Crippen LogP contribution >= 0.6 is 0 Å². The van der Waals surface area contributed by atoms with Crippen molar-refractivity contribution in [1.82, 2.24) is 5.32 Å². The summed E-state index contributed by atoms with van der Waals surface area (Å²) in [6.45, 7) is 0. The Morgan fingerprint density at radius 2 is 1.35 bits per heavy atom. The van der Waals surface area contributed by atoms with Crippen LogP contribution in [0.25, 0.3) is 0 Å². The molecule has 0 amide bonds. The highest BCUT2D eigenvalue weighted by Gasteiger charge is 2.54. The lowest BCUT2D eigenvalue weighted by Gasteiger charge is -2.32. The molecule has 0 saturated carbocycles. The lowest BCUT2D eigenvalue weighted by molar-refractivity contribution is -0.140. The molecule has 1 aliphatic heterocycles. The quantitative estimate of drug-likeness (QED) is 0.220. The SMILES string of the molecule is N[C@@H](CCC(=O)O)C(=O)C1(C(=O)[C@@H](N)CCC(=O)O)CC[C@@H](C(=O)O)N1. The third kappa shape index (κ3) is 5.07. The minimum Gasteiger partial charge on any atom is -0.481 e. The van der Waals surface area contributed by atoms with Gasteiger partial charge in [-0.3, -0.25) is 29.3 Å². The molecule has 0 spiro atoms. The Bertz CT molecular complexity index is 570. The molecule has 0 aromatic rings. The van der Waals surface area contributed by atoms with Crippen LogP contribution in [0.15, 0.2) is 0 Å². The van der Waals surface area contributed by atoms with Gasteiger partial charge < -0.3 is 26.8 Å². The molecule has 1 saturated heterocycles. The molecule has 0 aromatic heterocycles. The summed E-state index contributed by atoms with van der Waals surface area (Å²) < 4.78 is 0. The lowest BCUT2D eigenvalue weighted by Crippen LogP contribution is -2.65. The Hall–Kier alpha value is -2.37. The zero-order chi connectivity index (χ0) is 20.1. The molecular formula is C15H23N3O8. The van der Waals surface area contributed by atoms with Gasteiger partial charge in [-0.05, 0) is 25.7 Å². The molecule has 0 bridgehead atoms. The average molecular weight is 373 g/mol. The molecule has 0 unspecified atom stereocenters. The molecule has 1 rings (SSSR count). The molecule has 3 atom stereocenters. The molecule has 1 heterocycles. The van der Waals surface area contributed by atoms with E-state index in [1.807, 2.05) is 0 Å². The summed E-state index contributed by atoms with van der Waals surface area (Å²) in [6.07, 6.45) is -1.44. The van der Waals surface area contributed by atoms with Crippen LogP contribution in [0.4, 0.5) is 0 Å². The number of carboxylic acids is 3. The number of carbonyl (C=O) groups is 5. The van der Waals surface area contributed by atoms with Gasteiger partial charge in [0.05, 0.1) is 12.1 Å². The standard InChI is InChI=1S/C15H23N3O8/c16-7(1-3-10(19)20)12(23)15(6-5-9(18-15)14(25)26)13(24)8(17)2-4-11(21)22/h7-9,18H,1-6,16-17H2,(H,19,20)(H,21,22)(H,25,26)/t7-,8-,9-/m0/s1. The van der Waals surface area contributed by atoms with Crippen LogP contribution in [0.1, 0.15) is 38.5 Å². The maximum absolute atomic E-state index is 12.8. The highest BCUT2D eigenvalue weighted by Crippen LogP contribution is 2.29. The molecule has 0 aromatic carbocycles. The van der Waals surface area contributed by atoms with Gasteiger partial charge in [-0.15, -0.1) is 0 Å². The lowest BCUT2D eigenvalue weighted by atomic mass is 9.79. The molecule has 26 heavy (non-hydrogen) atoms. The van der Waals surface area contributed by atoms with E-state index in [2.05, 4.69) is 5.32 Å². The van der Waals surface area contributed by atoms with Crippen LogP contribution in [0, 0.1) is 0 Å². The summed E-state index contributed by atoms with van der Waals surface area (Å²) in [6, 6.07) is -3.77. The van der Waals surface area contributed by atoms with E-state index in [0.29, 0.717) is 0 Å². The van der Waals surface area contributed by atoms with E-state index in [1.54, 1.807) is 0 Å². The van der Waals surface area contributed by atoms with E-state index in [4.69, 9.17) is 26.8 Å². The average Bonchev–Trinajstić information content (AvgIpc) is 3.02. The number of nitrogens with one attached hydrogen (secondary N) is 1. The minimum absolute atomic E-state index is 0.0237. The summed E-state index contributed by atoms with van der Waals surface area (Å²) in [5.74, 6) is -5.27. The van der Waals surface area contributed by atoms with Crippen molar-refractivity contribution in [1.29, 1.82) is 0 Å². The summed E-state index contributed by atoms with van der Waals surface area (Å²) >= 11 is 0. The van der Waals surface area contributed by atoms with Gasteiger partial charge in [-0.1, -0.05) is 0 Å². The summed E-state index contributed by atoms with van der Waals surface area (Å²) in [5, 5.41) is 29.0. The maximum Gasteiger partial charge on any atom is 0.320 e. The van der Waals surface area contributed by atoms with Gasteiger partial charge in [0, 0.05) is 12.8 Å². The Morgan fingerprint density at radius 3 is 1.65 bits per heavy atom. The second kappa shape index (κ2) is 8.83. The molecule has 1 fully saturated rings. The normalized spacial score (nSPS) is 20.9. The molecule has 146 valence electrons. The number of hydrogen-bond acceptors (Lipinski definition) is 8. The first-order valence-corrected chi connectivity index (χ1v) is 8.05. The molecule has 1 aliphatic rings. The van der Waals surface area contributed by atoms with E-state index in [1.165, 1.54) is 0 Å². The second-order valence-corrected chi connectivity index (χ2v) is 6.29. The first-order chi connectivity index (χ1) is 12.0. The van der Waals surface area contributed by atoms with Crippen molar-refractivity contribution < 1.29 is 39.3 Å². The van der Waals surface area contributed by atoms with Crippen molar-refractivity contribution in [2.75, 3.05) is 0 Å². The Balaban J connectivity index is 3.05. The van der Waals surface area contributed by atoms with Crippen LogP contribution in [0.2, 0.25) is 0 Å². The molecule has 11 heteroatoms. The smallest absolute Gasteiger partial charge is 0.320 e. The third-order valence-corrected chi connectivity index (χ3v) is 4.38. The van der Waals surface area contributed by atoms with Crippen LogP contribution in [0.5, 0.6) is 0 Å². The molecule has 8 N–H and O–H groups in total. The van der Waals surface area contributed by atoms with E-state index in [9.17, 15) is 24.0 Å². The van der Waals surface area contributed by atoms with Gasteiger partial charge in [-0.25, -0.2) is 0 Å². The summed E-state index contributed by atoms with van der Waals surface area (Å²) in [5.41, 5.74) is 9.49. The highest BCUT2D eigenvalue weighted by molar-refractivity contribution is 6.16. The van der Waals surface area contributed by atoms with Gasteiger partial charge in [-0.2, -0.15) is 0 Å². The topological polar surface area (TPSA) is 210 Å². The van der Waals surface area contributed by atoms with Crippen LogP contribution in [0.3, 0.4) is 0 Å². The van der Waals surface area contributed by atoms with Crippen molar-refractivity contribution in [2.45, 2.75) is 62.2 Å². The van der Waals surface area contributed by atoms with Gasteiger partial charge in [0.25, 0.3) is 0 Å². The van der Waals surface area contributed by atoms with Crippen LogP contribution < -0.4 is 16.8 Å². The monoisotopic (exact) mass is 373 g/mol. The first-order valence-electron chi connectivity index (χ1n) is 8.05. The van der Waals surface area contributed by atoms with Gasteiger partial charge in [0.1, 0.15) is 11.6 Å². The second-order valence-electron chi connectivity index (χ2n) is 6.29. The van der Waals surface area contributed by atoms with Crippen LogP contribution in [-0.2, 0) is 24.0 Å². The van der Waals surface area contributed by atoms with E-state index in [-0.39, 0.29) is 25.7 Å². The van der Waals surface area contributed by atoms with Crippen molar-refractivity contribution >= 4 is 29.5 Å². The predicted octanol–water partition coefficient (Wildman–Crippen LogP) is -1.92. The molecule has 11 nitrogen and oxygen atoms in total. The van der Waals surface area contributed by atoms with Crippen molar-refractivity contribution in [2.24, 2.45) is 11.5 Å². The summed E-state index contributed by atoms with van der Waals surface area (Å²) in [7, 11) is 0. The number of ketones is 2. The number of nitrogens with two attached hydrogens (primary N) is 2. The fraction of sp³-hybridized carbons (Fsp3) is 0.667. The molecule has 0 aliphatic carbocycles. The fourth-order valence-corrected chi connectivity index (χ4v) is 2.95. The number of rotatable bonds is 11. The number of aliphatic carboxylic acids is 3. The van der Waals surface area contributed by atoms with Crippen LogP contribution in [-0.4, -0.2) is 68.5 Å². The highest BCUT2D eigenvalue weighted by atomic mass is 16.4. The minimum atomic E-state index is -1.96. The number of carboxylic acid groups (broad SMARTS) is 3. The van der Waals surface area contributed by atoms with Crippen molar-refractivity contribution in [3.05, 3.63) is 0 Å². The zero-order valence-electron chi connectivity index (χ0n) is 14.0. The number of hydrogen-bond donors (Lipinski definition) is 6. The largest absolute Gasteiger partial charge is 0.481 e. The maximum atomic E-state index is 12.8. The van der Waals surface area contributed by atoms with Gasteiger partial charge in [0.2, 0.25) is 0 Å². The third-order valence-electron chi connectivity index (χ3n) is 4.38. The van der Waals surface area contributed by atoms with Crippen molar-refractivity contribution in [3.8, 4) is 0 Å². The molecule has 0 radical (unpaired) electrons. The Kier molecular flexibility index (Phi) is 7.36. The van der Waals surface area contributed by atoms with E-state index < -0.39 is 66.0 Å². The van der Waals surface area contributed by atoms with Gasteiger partial charge in [0.15, 0.2) is 11.6 Å². The fourth-order valence-electron chi connectivity index (χ4n) is 2.95. The van der Waals surface area contributed by atoms with Crippen molar-refractivity contribution in [3.63, 3.8) is 0 Å². The number of Topliss-reactive ketones (excluding diaryl/α,β-unsaturated/α-hetero) is 2.